The molecule has 5 aromatic rings. The van der Waals surface area contributed by atoms with E-state index in [1.807, 2.05) is 43.3 Å². The van der Waals surface area contributed by atoms with E-state index >= 15 is 0 Å². The van der Waals surface area contributed by atoms with Crippen LogP contribution >= 0.6 is 11.3 Å². The van der Waals surface area contributed by atoms with Crippen molar-refractivity contribution in [3.63, 3.8) is 0 Å². The third-order valence-corrected chi connectivity index (χ3v) is 8.81. The van der Waals surface area contributed by atoms with Crippen molar-refractivity contribution >= 4 is 39.8 Å². The van der Waals surface area contributed by atoms with Crippen molar-refractivity contribution in [2.75, 3.05) is 13.7 Å². The molecule has 0 aliphatic carbocycles. The third kappa shape index (κ3) is 5.43. The fourth-order valence-electron chi connectivity index (χ4n) is 5.84. The van der Waals surface area contributed by atoms with E-state index in [4.69, 9.17) is 18.9 Å². The molecule has 1 atom stereocenters. The highest BCUT2D eigenvalue weighted by molar-refractivity contribution is 7.07. The number of carbonyl (C=O) groups is 1. The van der Waals surface area contributed by atoms with Gasteiger partial charge in [-0.2, -0.15) is 0 Å². The number of methoxy groups -OCH3 is 1. The molecule has 1 aliphatic heterocycles. The zero-order valence-corrected chi connectivity index (χ0v) is 26.6. The van der Waals surface area contributed by atoms with Gasteiger partial charge >= 0.3 is 5.97 Å². The number of furan rings is 1. The van der Waals surface area contributed by atoms with Gasteiger partial charge in [-0.25, -0.2) is 9.79 Å². The Morgan fingerprint density at radius 1 is 1.13 bits per heavy atom. The Morgan fingerprint density at radius 2 is 1.93 bits per heavy atom. The number of benzene rings is 3. The van der Waals surface area contributed by atoms with Crippen LogP contribution in [0.5, 0.6) is 5.75 Å². The van der Waals surface area contributed by atoms with Crippen molar-refractivity contribution in [3.05, 3.63) is 125 Å². The number of esters is 1. The van der Waals surface area contributed by atoms with Crippen molar-refractivity contribution < 1.29 is 23.6 Å². The largest absolute Gasteiger partial charge is 0.496 e. The first-order valence-corrected chi connectivity index (χ1v) is 15.7. The molecule has 6 rings (SSSR count). The number of aromatic nitrogens is 1. The summed E-state index contributed by atoms with van der Waals surface area (Å²) in [6.07, 6.45) is 2.81. The van der Waals surface area contributed by atoms with E-state index < -0.39 is 16.9 Å². The Bertz CT molecular complexity index is 2220. The maximum atomic E-state index is 14.3. The Kier molecular flexibility index (Phi) is 8.42. The van der Waals surface area contributed by atoms with Gasteiger partial charge in [-0.05, 0) is 60.9 Å². The smallest absolute Gasteiger partial charge is 0.338 e. The molecule has 10 nitrogen and oxygen atoms in total. The van der Waals surface area contributed by atoms with Crippen LogP contribution in [0.1, 0.15) is 49.6 Å². The lowest BCUT2D eigenvalue weighted by Crippen LogP contribution is -2.40. The zero-order chi connectivity index (χ0) is 32.5. The fourth-order valence-corrected chi connectivity index (χ4v) is 6.84. The highest BCUT2D eigenvalue weighted by atomic mass is 32.1. The molecule has 1 unspecified atom stereocenters. The Morgan fingerprint density at radius 3 is 2.67 bits per heavy atom. The van der Waals surface area contributed by atoms with Gasteiger partial charge in [0.1, 0.15) is 23.3 Å². The normalized spacial score (nSPS) is 14.7. The van der Waals surface area contributed by atoms with Gasteiger partial charge in [-0.3, -0.25) is 19.5 Å². The number of thiazole rings is 1. The molecule has 0 spiro atoms. The number of hydrogen-bond donors (Lipinski definition) is 0. The molecule has 11 heteroatoms. The van der Waals surface area contributed by atoms with Crippen LogP contribution in [-0.2, 0) is 9.53 Å². The minimum Gasteiger partial charge on any atom is -0.496 e. The quantitative estimate of drug-likeness (QED) is 0.107. The number of carbonyl (C=O) groups excluding carboxylic acids is 1. The average Bonchev–Trinajstić information content (AvgIpc) is 3.63. The number of hydrogen-bond acceptors (Lipinski definition) is 9. The van der Waals surface area contributed by atoms with Gasteiger partial charge in [0.05, 0.1) is 40.0 Å². The molecule has 46 heavy (non-hydrogen) atoms. The van der Waals surface area contributed by atoms with Gasteiger partial charge in [-0.15, -0.1) is 0 Å². The molecule has 0 fully saturated rings. The van der Waals surface area contributed by atoms with E-state index in [0.29, 0.717) is 55.4 Å². The maximum absolute atomic E-state index is 14.3. The summed E-state index contributed by atoms with van der Waals surface area (Å²) in [5.74, 6) is 0.624. The van der Waals surface area contributed by atoms with E-state index in [9.17, 15) is 19.7 Å². The van der Waals surface area contributed by atoms with Crippen LogP contribution in [0.15, 0.2) is 92.2 Å². The predicted molar refractivity (Wildman–Crippen MR) is 176 cm³/mol. The highest BCUT2D eigenvalue weighted by Gasteiger charge is 2.37. The summed E-state index contributed by atoms with van der Waals surface area (Å²) in [6.45, 7) is 5.68. The number of rotatable bonds is 9. The lowest BCUT2D eigenvalue weighted by atomic mass is 9.90. The van der Waals surface area contributed by atoms with Gasteiger partial charge < -0.3 is 13.9 Å². The van der Waals surface area contributed by atoms with Gasteiger partial charge in [-0.1, -0.05) is 61.1 Å². The number of ether oxygens (including phenoxy) is 2. The standard InChI is InChI=1S/C35H31N3O7S/c1-5-9-25-31(34(40)44-6-2)32(30-23-11-8-7-10-21(23)13-16-28(30)43-4)37-33(39)29(46-35(37)36-25)19-22-14-17-27(45-22)24-15-12-20(3)18-26(24)38(41)42/h7-8,10-19,32H,5-6,9H2,1-4H3/b29-19-. The second-order valence-electron chi connectivity index (χ2n) is 10.8. The summed E-state index contributed by atoms with van der Waals surface area (Å²) >= 11 is 1.18. The van der Waals surface area contributed by atoms with Crippen LogP contribution in [0, 0.1) is 17.0 Å². The first-order valence-electron chi connectivity index (χ1n) is 14.9. The molecular weight excluding hydrogens is 606 g/mol. The molecule has 0 bridgehead atoms. The minimum absolute atomic E-state index is 0.0701. The molecule has 234 valence electrons. The monoisotopic (exact) mass is 637 g/mol. The maximum Gasteiger partial charge on any atom is 0.338 e. The van der Waals surface area contributed by atoms with E-state index in [2.05, 4.69) is 0 Å². The van der Waals surface area contributed by atoms with Gasteiger partial charge in [0.2, 0.25) is 0 Å². The lowest BCUT2D eigenvalue weighted by molar-refractivity contribution is -0.384. The number of nitro groups is 1. The van der Waals surface area contributed by atoms with Crippen molar-refractivity contribution in [1.29, 1.82) is 0 Å². The van der Waals surface area contributed by atoms with Gasteiger partial charge in [0.15, 0.2) is 4.80 Å². The molecule has 1 aliphatic rings. The lowest BCUT2D eigenvalue weighted by Gasteiger charge is -2.28. The third-order valence-electron chi connectivity index (χ3n) is 7.83. The Labute approximate surface area is 267 Å². The van der Waals surface area contributed by atoms with Gasteiger partial charge in [0, 0.05) is 17.7 Å². The first kappa shape index (κ1) is 30.7. The SMILES string of the molecule is CCCC1=C(C(=O)OCC)C(c2c(OC)ccc3ccccc23)n2c(s/c(=C\c3ccc(-c4ccc(C)cc4[N+](=O)[O-])o3)c2=O)=N1. The van der Waals surface area contributed by atoms with Crippen molar-refractivity contribution in [2.24, 2.45) is 4.99 Å². The molecule has 0 N–H and O–H groups in total. The van der Waals surface area contributed by atoms with Crippen LogP contribution in [0.2, 0.25) is 0 Å². The average molecular weight is 638 g/mol. The number of fused-ring (bicyclic) bond motifs is 2. The van der Waals surface area contributed by atoms with Crippen molar-refractivity contribution in [1.82, 2.24) is 4.57 Å². The van der Waals surface area contributed by atoms with E-state index in [1.54, 1.807) is 51.3 Å². The van der Waals surface area contributed by atoms with Gasteiger partial charge in [0.25, 0.3) is 11.2 Å². The molecule has 0 radical (unpaired) electrons. The minimum atomic E-state index is -0.873. The molecule has 3 heterocycles. The first-order chi connectivity index (χ1) is 22.2. The molecular formula is C35H31N3O7S. The topological polar surface area (TPSA) is 126 Å². The summed E-state index contributed by atoms with van der Waals surface area (Å²) < 4.78 is 19.3. The second kappa shape index (κ2) is 12.6. The summed E-state index contributed by atoms with van der Waals surface area (Å²) in [7, 11) is 1.56. The van der Waals surface area contributed by atoms with E-state index in [-0.39, 0.29) is 17.9 Å². The van der Waals surface area contributed by atoms with Crippen LogP contribution in [0.25, 0.3) is 28.2 Å². The van der Waals surface area contributed by atoms with E-state index in [1.165, 1.54) is 22.0 Å². The highest BCUT2D eigenvalue weighted by Crippen LogP contribution is 2.41. The van der Waals surface area contributed by atoms with Crippen molar-refractivity contribution in [3.8, 4) is 17.1 Å². The summed E-state index contributed by atoms with van der Waals surface area (Å²) in [4.78, 5) is 44.6. The Hall–Kier alpha value is -5.29. The van der Waals surface area contributed by atoms with Crippen LogP contribution in [0.3, 0.4) is 0 Å². The second-order valence-corrected chi connectivity index (χ2v) is 11.8. The summed E-state index contributed by atoms with van der Waals surface area (Å²) in [5.41, 5.74) is 2.16. The zero-order valence-electron chi connectivity index (χ0n) is 25.7. The number of allylic oxidation sites excluding steroid dienone is 1. The molecule has 3 aromatic carbocycles. The summed E-state index contributed by atoms with van der Waals surface area (Å²) in [5, 5.41) is 13.5. The van der Waals surface area contributed by atoms with Crippen LogP contribution < -0.4 is 19.6 Å². The molecule has 2 aromatic heterocycles. The van der Waals surface area contributed by atoms with Crippen LogP contribution in [-0.4, -0.2) is 29.2 Å². The number of nitrogens with zero attached hydrogens (tertiary/aromatic N) is 3. The number of nitro benzene ring substituents is 1. The molecule has 0 saturated heterocycles. The van der Waals surface area contributed by atoms with Crippen LogP contribution in [0.4, 0.5) is 5.69 Å². The van der Waals surface area contributed by atoms with E-state index in [0.717, 1.165) is 22.8 Å². The number of aryl methyl sites for hydroxylation is 1. The predicted octanol–water partition coefficient (Wildman–Crippen LogP) is 6.22. The molecule has 0 saturated carbocycles. The van der Waals surface area contributed by atoms with Crippen molar-refractivity contribution in [2.45, 2.75) is 39.7 Å². The Balaban J connectivity index is 1.59. The molecule has 0 amide bonds. The fraction of sp³-hybridized carbons (Fsp3) is 0.229. The summed E-state index contributed by atoms with van der Waals surface area (Å²) in [6, 6.07) is 18.9.